The van der Waals surface area contributed by atoms with Crippen molar-refractivity contribution in [1.82, 2.24) is 16.0 Å². The maximum absolute atomic E-state index is 13.7. The van der Waals surface area contributed by atoms with Crippen LogP contribution < -0.4 is 16.0 Å². The molecule has 3 N–H and O–H groups in total. The maximum atomic E-state index is 13.7. The van der Waals surface area contributed by atoms with E-state index in [0.717, 1.165) is 12.1 Å². The maximum Gasteiger partial charge on any atom is 0.315 e. The van der Waals surface area contributed by atoms with Crippen LogP contribution in [-0.2, 0) is 4.79 Å². The molecule has 128 valence electrons. The quantitative estimate of drug-likeness (QED) is 0.673. The van der Waals surface area contributed by atoms with Crippen LogP contribution >= 0.6 is 0 Å². The number of halogens is 2. The summed E-state index contributed by atoms with van der Waals surface area (Å²) in [5.74, 6) is -1.56. The molecule has 0 saturated carbocycles. The van der Waals surface area contributed by atoms with Gasteiger partial charge < -0.3 is 16.0 Å². The predicted molar refractivity (Wildman–Crippen MR) is 83.8 cm³/mol. The van der Waals surface area contributed by atoms with E-state index in [2.05, 4.69) is 16.0 Å². The highest BCUT2D eigenvalue weighted by Crippen LogP contribution is 2.20. The SMILES string of the molecule is CCC(NC(=O)NCCNC(=O)C(C)C)c1ccc(F)cc1F. The summed E-state index contributed by atoms with van der Waals surface area (Å²) >= 11 is 0. The van der Waals surface area contributed by atoms with E-state index in [1.807, 2.05) is 0 Å². The number of carbonyl (C=O) groups excluding carboxylic acids is 2. The van der Waals surface area contributed by atoms with Gasteiger partial charge in [0.2, 0.25) is 5.91 Å². The van der Waals surface area contributed by atoms with Crippen LogP contribution in [0.25, 0.3) is 0 Å². The molecule has 0 spiro atoms. The molecule has 7 heteroatoms. The summed E-state index contributed by atoms with van der Waals surface area (Å²) in [5.41, 5.74) is 0.233. The third-order valence-corrected chi connectivity index (χ3v) is 3.29. The normalized spacial score (nSPS) is 11.9. The molecule has 5 nitrogen and oxygen atoms in total. The van der Waals surface area contributed by atoms with Gasteiger partial charge >= 0.3 is 6.03 Å². The van der Waals surface area contributed by atoms with Gasteiger partial charge in [-0.05, 0) is 12.5 Å². The average molecular weight is 327 g/mol. The van der Waals surface area contributed by atoms with Crippen molar-refractivity contribution in [2.45, 2.75) is 33.2 Å². The van der Waals surface area contributed by atoms with Crippen molar-refractivity contribution in [2.75, 3.05) is 13.1 Å². The van der Waals surface area contributed by atoms with E-state index in [1.165, 1.54) is 6.07 Å². The number of hydrogen-bond donors (Lipinski definition) is 3. The Hall–Kier alpha value is -2.18. The highest BCUT2D eigenvalue weighted by molar-refractivity contribution is 5.78. The van der Waals surface area contributed by atoms with Gasteiger partial charge in [-0.1, -0.05) is 26.8 Å². The van der Waals surface area contributed by atoms with Crippen molar-refractivity contribution in [2.24, 2.45) is 5.92 Å². The van der Waals surface area contributed by atoms with Gasteiger partial charge in [-0.25, -0.2) is 13.6 Å². The van der Waals surface area contributed by atoms with Crippen LogP contribution in [0.5, 0.6) is 0 Å². The van der Waals surface area contributed by atoms with Crippen LogP contribution in [0.4, 0.5) is 13.6 Å². The molecule has 0 heterocycles. The second-order valence-electron chi connectivity index (χ2n) is 5.47. The van der Waals surface area contributed by atoms with Gasteiger partial charge in [0.05, 0.1) is 6.04 Å². The third kappa shape index (κ3) is 6.22. The predicted octanol–water partition coefficient (Wildman–Crippen LogP) is 2.49. The molecule has 1 aromatic carbocycles. The summed E-state index contributed by atoms with van der Waals surface area (Å²) < 4.78 is 26.7. The van der Waals surface area contributed by atoms with Crippen LogP contribution in [0.2, 0.25) is 0 Å². The minimum Gasteiger partial charge on any atom is -0.354 e. The van der Waals surface area contributed by atoms with E-state index in [9.17, 15) is 18.4 Å². The zero-order valence-corrected chi connectivity index (χ0v) is 13.6. The van der Waals surface area contributed by atoms with E-state index < -0.39 is 23.7 Å². The standard InChI is InChI=1S/C16H23F2N3O2/c1-4-14(12-6-5-11(17)9-13(12)18)21-16(23)20-8-7-19-15(22)10(2)3/h5-6,9-10,14H,4,7-8H2,1-3H3,(H,19,22)(H2,20,21,23). The molecule has 1 unspecified atom stereocenters. The Bertz CT molecular complexity index is 550. The molecule has 23 heavy (non-hydrogen) atoms. The van der Waals surface area contributed by atoms with Crippen molar-refractivity contribution in [3.05, 3.63) is 35.4 Å². The van der Waals surface area contributed by atoms with Crippen LogP contribution in [-0.4, -0.2) is 25.0 Å². The van der Waals surface area contributed by atoms with E-state index in [0.29, 0.717) is 13.0 Å². The van der Waals surface area contributed by atoms with Crippen LogP contribution in [0, 0.1) is 17.6 Å². The monoisotopic (exact) mass is 327 g/mol. The van der Waals surface area contributed by atoms with Gasteiger partial charge in [0, 0.05) is 30.6 Å². The minimum absolute atomic E-state index is 0.0907. The summed E-state index contributed by atoms with van der Waals surface area (Å²) in [7, 11) is 0. The first kappa shape index (κ1) is 18.9. The van der Waals surface area contributed by atoms with E-state index in [4.69, 9.17) is 0 Å². The molecule has 3 amide bonds. The van der Waals surface area contributed by atoms with Crippen LogP contribution in [0.15, 0.2) is 18.2 Å². The first-order chi connectivity index (χ1) is 10.8. The minimum atomic E-state index is -0.693. The molecular weight excluding hydrogens is 304 g/mol. The Labute approximate surface area is 134 Å². The van der Waals surface area contributed by atoms with Gasteiger partial charge in [-0.15, -0.1) is 0 Å². The van der Waals surface area contributed by atoms with Crippen molar-refractivity contribution < 1.29 is 18.4 Å². The van der Waals surface area contributed by atoms with Gasteiger partial charge in [0.25, 0.3) is 0 Å². The summed E-state index contributed by atoms with van der Waals surface area (Å²) in [6, 6.07) is 2.24. The fourth-order valence-electron chi connectivity index (χ4n) is 1.96. The Morgan fingerprint density at radius 1 is 1.13 bits per heavy atom. The fraction of sp³-hybridized carbons (Fsp3) is 0.500. The summed E-state index contributed by atoms with van der Waals surface area (Å²) in [4.78, 5) is 23.2. The lowest BCUT2D eigenvalue weighted by Crippen LogP contribution is -2.42. The lowest BCUT2D eigenvalue weighted by molar-refractivity contribution is -0.123. The number of nitrogens with one attached hydrogen (secondary N) is 3. The molecule has 0 radical (unpaired) electrons. The smallest absolute Gasteiger partial charge is 0.315 e. The second kappa shape index (κ2) is 9.07. The Morgan fingerprint density at radius 2 is 1.78 bits per heavy atom. The zero-order chi connectivity index (χ0) is 17.4. The molecule has 0 aliphatic rings. The van der Waals surface area contributed by atoms with Crippen LogP contribution in [0.1, 0.15) is 38.8 Å². The molecule has 0 saturated heterocycles. The first-order valence-corrected chi connectivity index (χ1v) is 7.62. The average Bonchev–Trinajstić information content (AvgIpc) is 2.49. The topological polar surface area (TPSA) is 70.2 Å². The van der Waals surface area contributed by atoms with E-state index in [-0.39, 0.29) is 23.9 Å². The van der Waals surface area contributed by atoms with Crippen molar-refractivity contribution in [1.29, 1.82) is 0 Å². The zero-order valence-electron chi connectivity index (χ0n) is 13.6. The van der Waals surface area contributed by atoms with Crippen molar-refractivity contribution >= 4 is 11.9 Å². The Morgan fingerprint density at radius 3 is 2.35 bits per heavy atom. The molecule has 1 rings (SSSR count). The molecule has 0 aliphatic heterocycles. The lowest BCUT2D eigenvalue weighted by Gasteiger charge is -2.18. The number of urea groups is 1. The third-order valence-electron chi connectivity index (χ3n) is 3.29. The number of carbonyl (C=O) groups is 2. The molecule has 0 fully saturated rings. The molecule has 1 atom stereocenters. The second-order valence-corrected chi connectivity index (χ2v) is 5.47. The highest BCUT2D eigenvalue weighted by atomic mass is 19.1. The first-order valence-electron chi connectivity index (χ1n) is 7.62. The largest absolute Gasteiger partial charge is 0.354 e. The van der Waals surface area contributed by atoms with Crippen LogP contribution in [0.3, 0.4) is 0 Å². The summed E-state index contributed by atoms with van der Waals surface area (Å²) in [6.07, 6.45) is 0.458. The molecule has 0 aliphatic carbocycles. The van der Waals surface area contributed by atoms with Gasteiger partial charge in [-0.2, -0.15) is 0 Å². The molecule has 0 aromatic heterocycles. The van der Waals surface area contributed by atoms with Gasteiger partial charge in [-0.3, -0.25) is 4.79 Å². The number of hydrogen-bond acceptors (Lipinski definition) is 2. The van der Waals surface area contributed by atoms with Crippen molar-refractivity contribution in [3.63, 3.8) is 0 Å². The van der Waals surface area contributed by atoms with Crippen molar-refractivity contribution in [3.8, 4) is 0 Å². The van der Waals surface area contributed by atoms with E-state index in [1.54, 1.807) is 20.8 Å². The molecule has 1 aromatic rings. The lowest BCUT2D eigenvalue weighted by atomic mass is 10.0. The number of benzene rings is 1. The highest BCUT2D eigenvalue weighted by Gasteiger charge is 2.16. The summed E-state index contributed by atoms with van der Waals surface area (Å²) in [6.45, 7) is 5.91. The van der Waals surface area contributed by atoms with Gasteiger partial charge in [0.15, 0.2) is 0 Å². The van der Waals surface area contributed by atoms with Gasteiger partial charge in [0.1, 0.15) is 11.6 Å². The molecular formula is C16H23F2N3O2. The Balaban J connectivity index is 2.46. The summed E-state index contributed by atoms with van der Waals surface area (Å²) in [5, 5.41) is 7.88. The number of rotatable bonds is 7. The fourth-order valence-corrected chi connectivity index (χ4v) is 1.96. The number of amides is 3. The Kier molecular flexibility index (Phi) is 7.44. The van der Waals surface area contributed by atoms with E-state index >= 15 is 0 Å². The molecule has 0 bridgehead atoms.